The lowest BCUT2D eigenvalue weighted by Crippen LogP contribution is -2.33. The standard InChI is InChI=1S/C14H26O5S/c1-4-10(9-14(2,3)13(15)16)11-5-7-12(8-6-11)20(17,18)19/h10-12H,4-9H2,1-3H3,(H,15,16)(H,17,18,19). The van der Waals surface area contributed by atoms with Gasteiger partial charge in [0, 0.05) is 0 Å². The molecular formula is C14H26O5S. The smallest absolute Gasteiger partial charge is 0.309 e. The van der Waals surface area contributed by atoms with Crippen molar-refractivity contribution in [2.45, 2.75) is 64.5 Å². The molecule has 1 unspecified atom stereocenters. The molecule has 0 bridgehead atoms. The number of rotatable bonds is 6. The van der Waals surface area contributed by atoms with Gasteiger partial charge in [-0.1, -0.05) is 13.3 Å². The van der Waals surface area contributed by atoms with Gasteiger partial charge in [-0.25, -0.2) is 0 Å². The zero-order valence-corrected chi connectivity index (χ0v) is 13.3. The van der Waals surface area contributed by atoms with Gasteiger partial charge < -0.3 is 5.11 Å². The fraction of sp³-hybridized carbons (Fsp3) is 0.929. The third kappa shape index (κ3) is 4.45. The third-order valence-electron chi connectivity index (χ3n) is 4.68. The molecule has 1 fully saturated rings. The fourth-order valence-corrected chi connectivity index (χ4v) is 4.11. The summed E-state index contributed by atoms with van der Waals surface area (Å²) in [5.74, 6) is -0.136. The van der Waals surface area contributed by atoms with E-state index in [9.17, 15) is 18.3 Å². The summed E-state index contributed by atoms with van der Waals surface area (Å²) in [6.45, 7) is 5.53. The van der Waals surface area contributed by atoms with E-state index in [4.69, 9.17) is 4.55 Å². The van der Waals surface area contributed by atoms with Crippen LogP contribution in [0.25, 0.3) is 0 Å². The molecule has 0 aromatic heterocycles. The Bertz CT molecular complexity index is 432. The maximum absolute atomic E-state index is 11.2. The predicted octanol–water partition coefficient (Wildman–Crippen LogP) is 2.96. The summed E-state index contributed by atoms with van der Waals surface area (Å²) in [6.07, 6.45) is 3.97. The maximum atomic E-state index is 11.2. The lowest BCUT2D eigenvalue weighted by atomic mass is 9.71. The number of carboxylic acids is 1. The Morgan fingerprint density at radius 1 is 1.25 bits per heavy atom. The Balaban J connectivity index is 2.64. The van der Waals surface area contributed by atoms with Crippen LogP contribution < -0.4 is 0 Å². The highest BCUT2D eigenvalue weighted by Gasteiger charge is 2.36. The molecule has 6 heteroatoms. The predicted molar refractivity (Wildman–Crippen MR) is 77.1 cm³/mol. The highest BCUT2D eigenvalue weighted by molar-refractivity contribution is 7.86. The minimum absolute atomic E-state index is 0.295. The van der Waals surface area contributed by atoms with Gasteiger partial charge >= 0.3 is 5.97 Å². The Hall–Kier alpha value is -0.620. The summed E-state index contributed by atoms with van der Waals surface area (Å²) in [4.78, 5) is 11.2. The molecule has 0 aromatic rings. The number of hydrogen-bond donors (Lipinski definition) is 2. The van der Waals surface area contributed by atoms with E-state index in [-0.39, 0.29) is 0 Å². The van der Waals surface area contributed by atoms with Gasteiger partial charge in [-0.15, -0.1) is 0 Å². The van der Waals surface area contributed by atoms with Crippen molar-refractivity contribution in [3.05, 3.63) is 0 Å². The van der Waals surface area contributed by atoms with Crippen molar-refractivity contribution in [1.29, 1.82) is 0 Å². The average molecular weight is 306 g/mol. The number of carboxylic acid groups (broad SMARTS) is 1. The molecule has 0 spiro atoms. The highest BCUT2D eigenvalue weighted by Crippen LogP contribution is 2.39. The second kappa shape index (κ2) is 6.43. The summed E-state index contributed by atoms with van der Waals surface area (Å²) in [5.41, 5.74) is -0.749. The molecule has 1 atom stereocenters. The number of hydrogen-bond acceptors (Lipinski definition) is 3. The summed E-state index contributed by atoms with van der Waals surface area (Å²) in [7, 11) is -3.92. The molecule has 1 rings (SSSR count). The van der Waals surface area contributed by atoms with Gasteiger partial charge in [-0.2, -0.15) is 8.42 Å². The zero-order chi connectivity index (χ0) is 15.6. The molecule has 0 heterocycles. The van der Waals surface area contributed by atoms with E-state index in [1.165, 1.54) is 0 Å². The molecule has 1 saturated carbocycles. The average Bonchev–Trinajstić information content (AvgIpc) is 2.35. The first-order chi connectivity index (χ1) is 9.08. The quantitative estimate of drug-likeness (QED) is 0.736. The first-order valence-corrected chi connectivity index (χ1v) is 8.78. The van der Waals surface area contributed by atoms with Crippen LogP contribution in [0.15, 0.2) is 0 Å². The van der Waals surface area contributed by atoms with Crippen LogP contribution in [0.4, 0.5) is 0 Å². The van der Waals surface area contributed by atoms with Crippen molar-refractivity contribution < 1.29 is 22.9 Å². The molecule has 2 N–H and O–H groups in total. The topological polar surface area (TPSA) is 91.7 Å². The van der Waals surface area contributed by atoms with E-state index >= 15 is 0 Å². The van der Waals surface area contributed by atoms with Gasteiger partial charge in [0.1, 0.15) is 0 Å². The van der Waals surface area contributed by atoms with E-state index < -0.39 is 26.8 Å². The van der Waals surface area contributed by atoms with Crippen molar-refractivity contribution in [2.24, 2.45) is 17.3 Å². The molecule has 1 aliphatic rings. The molecule has 0 saturated heterocycles. The van der Waals surface area contributed by atoms with Crippen LogP contribution in [0.5, 0.6) is 0 Å². The van der Waals surface area contributed by atoms with Crippen LogP contribution in [0.3, 0.4) is 0 Å². The molecule has 0 amide bonds. The first-order valence-electron chi connectivity index (χ1n) is 7.27. The molecule has 118 valence electrons. The van der Waals surface area contributed by atoms with Gasteiger partial charge in [-0.05, 0) is 57.8 Å². The van der Waals surface area contributed by atoms with Crippen molar-refractivity contribution in [3.8, 4) is 0 Å². The van der Waals surface area contributed by atoms with E-state index in [0.717, 1.165) is 19.3 Å². The Morgan fingerprint density at radius 3 is 2.10 bits per heavy atom. The van der Waals surface area contributed by atoms with Crippen LogP contribution in [0.1, 0.15) is 59.3 Å². The number of carbonyl (C=O) groups is 1. The van der Waals surface area contributed by atoms with Crippen LogP contribution in [0.2, 0.25) is 0 Å². The molecule has 5 nitrogen and oxygen atoms in total. The molecular weight excluding hydrogens is 280 g/mol. The lowest BCUT2D eigenvalue weighted by Gasteiger charge is -2.35. The lowest BCUT2D eigenvalue weighted by molar-refractivity contribution is -0.148. The summed E-state index contributed by atoms with van der Waals surface area (Å²) >= 11 is 0. The molecule has 0 radical (unpaired) electrons. The molecule has 0 aliphatic heterocycles. The Labute approximate surface area is 121 Å². The van der Waals surface area contributed by atoms with Crippen molar-refractivity contribution in [1.82, 2.24) is 0 Å². The molecule has 1 aliphatic carbocycles. The SMILES string of the molecule is CCC(CC(C)(C)C(=O)O)C1CCC(S(=O)(=O)O)CC1. The highest BCUT2D eigenvalue weighted by atomic mass is 32.2. The monoisotopic (exact) mass is 306 g/mol. The minimum atomic E-state index is -3.92. The van der Waals surface area contributed by atoms with Crippen LogP contribution in [-0.2, 0) is 14.9 Å². The second-order valence-corrected chi connectivity index (χ2v) is 8.31. The maximum Gasteiger partial charge on any atom is 0.309 e. The Kier molecular flexibility index (Phi) is 5.61. The summed E-state index contributed by atoms with van der Waals surface area (Å²) in [5, 5.41) is 8.58. The number of aliphatic carboxylic acids is 1. The van der Waals surface area contributed by atoms with E-state index in [1.54, 1.807) is 13.8 Å². The van der Waals surface area contributed by atoms with Crippen LogP contribution in [0, 0.1) is 17.3 Å². The normalized spacial score (nSPS) is 26.2. The van der Waals surface area contributed by atoms with Gasteiger partial charge in [0.2, 0.25) is 0 Å². The van der Waals surface area contributed by atoms with Gasteiger partial charge in [0.25, 0.3) is 10.1 Å². The molecule has 0 aromatic carbocycles. The van der Waals surface area contributed by atoms with Gasteiger partial charge in [-0.3, -0.25) is 9.35 Å². The van der Waals surface area contributed by atoms with Crippen LogP contribution >= 0.6 is 0 Å². The third-order valence-corrected chi connectivity index (χ3v) is 6.00. The minimum Gasteiger partial charge on any atom is -0.481 e. The van der Waals surface area contributed by atoms with E-state index in [1.807, 2.05) is 0 Å². The van der Waals surface area contributed by atoms with E-state index in [2.05, 4.69) is 6.92 Å². The van der Waals surface area contributed by atoms with Crippen molar-refractivity contribution >= 4 is 16.1 Å². The van der Waals surface area contributed by atoms with Crippen molar-refractivity contribution in [2.75, 3.05) is 0 Å². The summed E-state index contributed by atoms with van der Waals surface area (Å²) < 4.78 is 31.3. The Morgan fingerprint density at radius 2 is 1.75 bits per heavy atom. The second-order valence-electron chi connectivity index (χ2n) is 6.61. The summed E-state index contributed by atoms with van der Waals surface area (Å²) in [6, 6.07) is 0. The largest absolute Gasteiger partial charge is 0.481 e. The van der Waals surface area contributed by atoms with E-state index in [0.29, 0.717) is 31.1 Å². The molecule has 20 heavy (non-hydrogen) atoms. The first kappa shape index (κ1) is 17.4. The van der Waals surface area contributed by atoms with Gasteiger partial charge in [0.15, 0.2) is 0 Å². The van der Waals surface area contributed by atoms with Crippen molar-refractivity contribution in [3.63, 3.8) is 0 Å². The fourth-order valence-electron chi connectivity index (χ4n) is 3.24. The van der Waals surface area contributed by atoms with Crippen LogP contribution in [-0.4, -0.2) is 29.3 Å². The van der Waals surface area contributed by atoms with Gasteiger partial charge in [0.05, 0.1) is 10.7 Å². The zero-order valence-electron chi connectivity index (χ0n) is 12.5.